The van der Waals surface area contributed by atoms with Crippen LogP contribution in [0.1, 0.15) is 48.4 Å². The van der Waals surface area contributed by atoms with E-state index in [-0.39, 0.29) is 17.7 Å². The average molecular weight is 373 g/mol. The quantitative estimate of drug-likeness (QED) is 0.855. The first kappa shape index (κ1) is 19.3. The van der Waals surface area contributed by atoms with Crippen LogP contribution in [0.4, 0.5) is 0 Å². The topological polar surface area (TPSA) is 91.6 Å². The fourth-order valence-corrected chi connectivity index (χ4v) is 3.31. The SMILES string of the molecule is CCNC(=O)CN1CCN(C(=O)c2cc(C(C)C)nc3onc(C)c23)CC1. The van der Waals surface area contributed by atoms with Crippen molar-refractivity contribution < 1.29 is 14.1 Å². The molecule has 0 bridgehead atoms. The Labute approximate surface area is 158 Å². The molecule has 0 saturated carbocycles. The third kappa shape index (κ3) is 4.10. The fraction of sp³-hybridized carbons (Fsp3) is 0.579. The van der Waals surface area contributed by atoms with Crippen molar-refractivity contribution in [2.45, 2.75) is 33.6 Å². The molecule has 0 atom stereocenters. The maximum Gasteiger partial charge on any atom is 0.259 e. The zero-order valence-electron chi connectivity index (χ0n) is 16.4. The van der Waals surface area contributed by atoms with Gasteiger partial charge >= 0.3 is 0 Å². The van der Waals surface area contributed by atoms with Crippen molar-refractivity contribution in [3.63, 3.8) is 0 Å². The predicted molar refractivity (Wildman–Crippen MR) is 102 cm³/mol. The summed E-state index contributed by atoms with van der Waals surface area (Å²) < 4.78 is 5.32. The van der Waals surface area contributed by atoms with E-state index in [1.165, 1.54) is 0 Å². The number of hydrogen-bond acceptors (Lipinski definition) is 6. The van der Waals surface area contributed by atoms with Crippen LogP contribution in [-0.4, -0.2) is 71.0 Å². The van der Waals surface area contributed by atoms with Crippen molar-refractivity contribution in [2.24, 2.45) is 0 Å². The molecule has 1 saturated heterocycles. The molecule has 0 unspecified atom stereocenters. The number of fused-ring (bicyclic) bond motifs is 1. The molecule has 1 aliphatic rings. The van der Waals surface area contributed by atoms with Crippen LogP contribution in [0.5, 0.6) is 0 Å². The van der Waals surface area contributed by atoms with Crippen molar-refractivity contribution in [1.82, 2.24) is 25.3 Å². The van der Waals surface area contributed by atoms with E-state index in [9.17, 15) is 9.59 Å². The first-order valence-electron chi connectivity index (χ1n) is 9.46. The summed E-state index contributed by atoms with van der Waals surface area (Å²) in [4.78, 5) is 33.3. The highest BCUT2D eigenvalue weighted by Gasteiger charge is 2.27. The third-order valence-electron chi connectivity index (χ3n) is 4.86. The second kappa shape index (κ2) is 8.04. The molecule has 146 valence electrons. The van der Waals surface area contributed by atoms with Gasteiger partial charge in [-0.05, 0) is 25.8 Å². The van der Waals surface area contributed by atoms with Crippen LogP contribution in [-0.2, 0) is 4.79 Å². The van der Waals surface area contributed by atoms with E-state index in [0.29, 0.717) is 61.6 Å². The van der Waals surface area contributed by atoms with Gasteiger partial charge < -0.3 is 14.7 Å². The van der Waals surface area contributed by atoms with Crippen molar-refractivity contribution >= 4 is 22.9 Å². The standard InChI is InChI=1S/C19H27N5O3/c1-5-20-16(25)11-23-6-8-24(9-7-23)19(26)14-10-15(12(2)3)21-18-17(14)13(4)22-27-18/h10,12H,5-9,11H2,1-4H3,(H,20,25). The second-order valence-corrected chi connectivity index (χ2v) is 7.22. The number of likely N-dealkylation sites (N-methyl/N-ethyl adjacent to an activating group) is 1. The van der Waals surface area contributed by atoms with Gasteiger partial charge in [0, 0.05) is 38.4 Å². The van der Waals surface area contributed by atoms with E-state index >= 15 is 0 Å². The van der Waals surface area contributed by atoms with Gasteiger partial charge in [-0.25, -0.2) is 4.98 Å². The minimum Gasteiger partial charge on any atom is -0.355 e. The van der Waals surface area contributed by atoms with Crippen molar-refractivity contribution in [1.29, 1.82) is 0 Å². The van der Waals surface area contributed by atoms with Crippen LogP contribution in [0.25, 0.3) is 11.1 Å². The molecule has 0 aromatic carbocycles. The minimum absolute atomic E-state index is 0.0230. The number of hydrogen-bond donors (Lipinski definition) is 1. The van der Waals surface area contributed by atoms with Gasteiger partial charge in [0.05, 0.1) is 23.2 Å². The van der Waals surface area contributed by atoms with E-state index in [1.807, 2.05) is 38.7 Å². The molecule has 2 aromatic heterocycles. The van der Waals surface area contributed by atoms with Gasteiger partial charge in [0.2, 0.25) is 5.91 Å². The highest BCUT2D eigenvalue weighted by molar-refractivity contribution is 6.06. The second-order valence-electron chi connectivity index (χ2n) is 7.22. The van der Waals surface area contributed by atoms with Gasteiger partial charge in [-0.1, -0.05) is 19.0 Å². The van der Waals surface area contributed by atoms with Crippen LogP contribution >= 0.6 is 0 Å². The van der Waals surface area contributed by atoms with Crippen LogP contribution in [0.3, 0.4) is 0 Å². The molecule has 27 heavy (non-hydrogen) atoms. The molecule has 3 heterocycles. The van der Waals surface area contributed by atoms with Crippen molar-refractivity contribution in [3.05, 3.63) is 23.0 Å². The number of aryl methyl sites for hydroxylation is 1. The average Bonchev–Trinajstić information content (AvgIpc) is 3.02. The Balaban J connectivity index is 1.77. The molecule has 0 spiro atoms. The largest absolute Gasteiger partial charge is 0.355 e. The fourth-order valence-electron chi connectivity index (χ4n) is 3.31. The molecular weight excluding hydrogens is 346 g/mol. The Morgan fingerprint density at radius 3 is 2.59 bits per heavy atom. The van der Waals surface area contributed by atoms with E-state index < -0.39 is 0 Å². The lowest BCUT2D eigenvalue weighted by Gasteiger charge is -2.34. The lowest BCUT2D eigenvalue weighted by atomic mass is 10.0. The lowest BCUT2D eigenvalue weighted by molar-refractivity contribution is -0.122. The predicted octanol–water partition coefficient (Wildman–Crippen LogP) is 1.55. The van der Waals surface area contributed by atoms with Crippen LogP contribution < -0.4 is 5.32 Å². The molecule has 1 aliphatic heterocycles. The van der Waals surface area contributed by atoms with Crippen LogP contribution in [0.2, 0.25) is 0 Å². The number of nitrogens with zero attached hydrogens (tertiary/aromatic N) is 4. The van der Waals surface area contributed by atoms with E-state index in [0.717, 1.165) is 5.69 Å². The summed E-state index contributed by atoms with van der Waals surface area (Å²) in [6, 6.07) is 1.86. The monoisotopic (exact) mass is 373 g/mol. The van der Waals surface area contributed by atoms with E-state index in [2.05, 4.69) is 20.4 Å². The maximum absolute atomic E-state index is 13.2. The smallest absolute Gasteiger partial charge is 0.259 e. The first-order chi connectivity index (χ1) is 12.9. The number of piperazine rings is 1. The summed E-state index contributed by atoms with van der Waals surface area (Å²) >= 11 is 0. The van der Waals surface area contributed by atoms with Crippen molar-refractivity contribution in [2.75, 3.05) is 39.3 Å². The third-order valence-corrected chi connectivity index (χ3v) is 4.86. The zero-order chi connectivity index (χ0) is 19.6. The molecule has 3 rings (SSSR count). The number of pyridine rings is 1. The molecular formula is C19H27N5O3. The summed E-state index contributed by atoms with van der Waals surface area (Å²) in [5.74, 6) is 0.170. The molecule has 0 aliphatic carbocycles. The number of aromatic nitrogens is 2. The Morgan fingerprint density at radius 1 is 1.26 bits per heavy atom. The van der Waals surface area contributed by atoms with Gasteiger partial charge in [0.15, 0.2) is 0 Å². The van der Waals surface area contributed by atoms with Gasteiger partial charge in [0.25, 0.3) is 11.6 Å². The lowest BCUT2D eigenvalue weighted by Crippen LogP contribution is -2.51. The summed E-state index contributed by atoms with van der Waals surface area (Å²) in [5.41, 5.74) is 2.50. The number of carbonyl (C=O) groups excluding carboxylic acids is 2. The summed E-state index contributed by atoms with van der Waals surface area (Å²) in [6.07, 6.45) is 0. The Hall–Kier alpha value is -2.48. The Morgan fingerprint density at radius 2 is 1.96 bits per heavy atom. The normalized spacial score (nSPS) is 15.5. The molecule has 1 N–H and O–H groups in total. The highest BCUT2D eigenvalue weighted by Crippen LogP contribution is 2.26. The number of amides is 2. The Kier molecular flexibility index (Phi) is 5.74. The zero-order valence-corrected chi connectivity index (χ0v) is 16.4. The molecule has 8 heteroatoms. The first-order valence-corrected chi connectivity index (χ1v) is 9.46. The Bertz CT molecular complexity index is 837. The van der Waals surface area contributed by atoms with Gasteiger partial charge in [-0.2, -0.15) is 0 Å². The summed E-state index contributed by atoms with van der Waals surface area (Å²) in [6.45, 7) is 11.3. The molecule has 2 aromatic rings. The van der Waals surface area contributed by atoms with Gasteiger partial charge in [0.1, 0.15) is 0 Å². The molecule has 8 nitrogen and oxygen atoms in total. The highest BCUT2D eigenvalue weighted by atomic mass is 16.5. The maximum atomic E-state index is 13.2. The number of rotatable bonds is 5. The minimum atomic E-state index is -0.0340. The van der Waals surface area contributed by atoms with Crippen LogP contribution in [0, 0.1) is 6.92 Å². The van der Waals surface area contributed by atoms with E-state index in [1.54, 1.807) is 0 Å². The van der Waals surface area contributed by atoms with Crippen LogP contribution in [0.15, 0.2) is 10.6 Å². The van der Waals surface area contributed by atoms with Gasteiger partial charge in [-0.15, -0.1) is 0 Å². The molecule has 2 amide bonds. The number of nitrogens with one attached hydrogen (secondary N) is 1. The van der Waals surface area contributed by atoms with Crippen molar-refractivity contribution in [3.8, 4) is 0 Å². The van der Waals surface area contributed by atoms with E-state index in [4.69, 9.17) is 4.52 Å². The summed E-state index contributed by atoms with van der Waals surface area (Å²) in [5, 5.41) is 7.48. The van der Waals surface area contributed by atoms with Gasteiger partial charge in [-0.3, -0.25) is 14.5 Å². The molecule has 0 radical (unpaired) electrons. The number of carbonyl (C=O) groups is 2. The summed E-state index contributed by atoms with van der Waals surface area (Å²) in [7, 11) is 0. The molecule has 1 fully saturated rings.